The summed E-state index contributed by atoms with van der Waals surface area (Å²) in [5, 5.41) is 5.63. The van der Waals surface area contributed by atoms with Crippen molar-refractivity contribution in [1.29, 1.82) is 0 Å². The summed E-state index contributed by atoms with van der Waals surface area (Å²) in [4.78, 5) is 24.0. The van der Waals surface area contributed by atoms with Crippen LogP contribution in [0.4, 0.5) is 0 Å². The molecule has 2 amide bonds. The lowest BCUT2D eigenvalue weighted by Crippen LogP contribution is -2.40. The van der Waals surface area contributed by atoms with E-state index in [2.05, 4.69) is 10.6 Å². The van der Waals surface area contributed by atoms with Crippen LogP contribution in [0, 0.1) is 0 Å². The van der Waals surface area contributed by atoms with Crippen LogP contribution < -0.4 is 10.6 Å². The Labute approximate surface area is 129 Å². The lowest BCUT2D eigenvalue weighted by molar-refractivity contribution is 0.0915. The average Bonchev–Trinajstić information content (AvgIpc) is 2.96. The van der Waals surface area contributed by atoms with Crippen LogP contribution >= 0.6 is 0 Å². The Hall–Kier alpha value is -2.56. The molecule has 0 aliphatic carbocycles. The summed E-state index contributed by atoms with van der Waals surface area (Å²) in [5.41, 5.74) is 0.729. The van der Waals surface area contributed by atoms with E-state index in [1.807, 2.05) is 20.8 Å². The van der Waals surface area contributed by atoms with Crippen molar-refractivity contribution in [3.63, 3.8) is 0 Å². The minimum Gasteiger partial charge on any atom is -0.467 e. The van der Waals surface area contributed by atoms with Gasteiger partial charge >= 0.3 is 0 Å². The maximum atomic E-state index is 12.0. The van der Waals surface area contributed by atoms with Crippen LogP contribution in [0.1, 0.15) is 47.2 Å². The highest BCUT2D eigenvalue weighted by Crippen LogP contribution is 2.08. The summed E-state index contributed by atoms with van der Waals surface area (Å²) in [6, 6.07) is 10.1. The lowest BCUT2D eigenvalue weighted by Gasteiger charge is -2.20. The number of furan rings is 1. The summed E-state index contributed by atoms with van der Waals surface area (Å²) in [6.45, 7) is 6.09. The van der Waals surface area contributed by atoms with E-state index in [1.165, 1.54) is 0 Å². The van der Waals surface area contributed by atoms with Gasteiger partial charge in [-0.1, -0.05) is 0 Å². The fourth-order valence-corrected chi connectivity index (χ4v) is 1.87. The molecule has 22 heavy (non-hydrogen) atoms. The zero-order chi connectivity index (χ0) is 16.2. The molecule has 5 heteroatoms. The summed E-state index contributed by atoms with van der Waals surface area (Å²) in [7, 11) is 0. The molecule has 0 radical (unpaired) electrons. The molecule has 116 valence electrons. The van der Waals surface area contributed by atoms with Crippen molar-refractivity contribution in [2.75, 3.05) is 0 Å². The van der Waals surface area contributed by atoms with E-state index in [4.69, 9.17) is 4.42 Å². The molecule has 5 nitrogen and oxygen atoms in total. The van der Waals surface area contributed by atoms with Crippen molar-refractivity contribution in [3.05, 3.63) is 59.5 Å². The van der Waals surface area contributed by atoms with Gasteiger partial charge in [0.05, 0.1) is 12.8 Å². The van der Waals surface area contributed by atoms with E-state index in [0.717, 1.165) is 0 Å². The third kappa shape index (κ3) is 4.48. The van der Waals surface area contributed by atoms with E-state index >= 15 is 0 Å². The maximum absolute atomic E-state index is 12.0. The van der Waals surface area contributed by atoms with E-state index in [0.29, 0.717) is 23.4 Å². The van der Waals surface area contributed by atoms with Crippen molar-refractivity contribution in [2.45, 2.75) is 32.9 Å². The third-order valence-electron chi connectivity index (χ3n) is 2.90. The van der Waals surface area contributed by atoms with Crippen LogP contribution in [-0.4, -0.2) is 17.4 Å². The average molecular weight is 300 g/mol. The molecule has 0 unspecified atom stereocenters. The van der Waals surface area contributed by atoms with Crippen molar-refractivity contribution in [2.24, 2.45) is 0 Å². The first-order chi connectivity index (χ1) is 10.3. The normalized spacial score (nSPS) is 11.0. The Balaban J connectivity index is 1.96. The number of benzene rings is 1. The first-order valence-electron chi connectivity index (χ1n) is 7.08. The summed E-state index contributed by atoms with van der Waals surface area (Å²) < 4.78 is 5.15. The van der Waals surface area contributed by atoms with E-state index in [-0.39, 0.29) is 17.4 Å². The molecule has 0 saturated heterocycles. The molecule has 1 aromatic carbocycles. The van der Waals surface area contributed by atoms with Gasteiger partial charge in [-0.15, -0.1) is 0 Å². The fourth-order valence-electron chi connectivity index (χ4n) is 1.87. The number of hydrogen-bond acceptors (Lipinski definition) is 3. The van der Waals surface area contributed by atoms with Gasteiger partial charge in [-0.2, -0.15) is 0 Å². The predicted molar refractivity (Wildman–Crippen MR) is 83.5 cm³/mol. The molecule has 2 aromatic rings. The minimum atomic E-state index is -0.295. The number of carbonyl (C=O) groups excluding carboxylic acids is 2. The van der Waals surface area contributed by atoms with Crippen LogP contribution in [0.15, 0.2) is 47.1 Å². The maximum Gasteiger partial charge on any atom is 0.251 e. The molecule has 2 N–H and O–H groups in total. The molecule has 0 bridgehead atoms. The van der Waals surface area contributed by atoms with E-state index < -0.39 is 0 Å². The Bertz CT molecular complexity index is 638. The first-order valence-corrected chi connectivity index (χ1v) is 7.08. The minimum absolute atomic E-state index is 0.157. The van der Waals surface area contributed by atoms with Gasteiger partial charge in [0.1, 0.15) is 5.76 Å². The quantitative estimate of drug-likeness (QED) is 0.912. The molecule has 0 aliphatic heterocycles. The Kier molecular flexibility index (Phi) is 4.65. The van der Waals surface area contributed by atoms with Crippen molar-refractivity contribution >= 4 is 11.8 Å². The van der Waals surface area contributed by atoms with Crippen LogP contribution in [0.5, 0.6) is 0 Å². The molecule has 1 aromatic heterocycles. The second-order valence-electron chi connectivity index (χ2n) is 6.04. The number of carbonyl (C=O) groups is 2. The SMILES string of the molecule is CC(C)(C)NC(=O)c1ccc(C(=O)NCc2ccco2)cc1. The second-order valence-corrected chi connectivity index (χ2v) is 6.04. The van der Waals surface area contributed by atoms with Gasteiger partial charge in [-0.3, -0.25) is 9.59 Å². The van der Waals surface area contributed by atoms with Gasteiger partial charge in [0, 0.05) is 16.7 Å². The van der Waals surface area contributed by atoms with Gasteiger partial charge in [-0.25, -0.2) is 0 Å². The monoisotopic (exact) mass is 300 g/mol. The van der Waals surface area contributed by atoms with Crippen molar-refractivity contribution < 1.29 is 14.0 Å². The molecule has 0 saturated carbocycles. The Morgan fingerprint density at radius 3 is 2.09 bits per heavy atom. The highest BCUT2D eigenvalue weighted by atomic mass is 16.3. The number of rotatable bonds is 4. The lowest BCUT2D eigenvalue weighted by atomic mass is 10.1. The van der Waals surface area contributed by atoms with Crippen LogP contribution in [0.25, 0.3) is 0 Å². The Morgan fingerprint density at radius 1 is 1.00 bits per heavy atom. The predicted octanol–water partition coefficient (Wildman–Crippen LogP) is 2.74. The van der Waals surface area contributed by atoms with Gasteiger partial charge in [0.25, 0.3) is 11.8 Å². The van der Waals surface area contributed by atoms with Gasteiger partial charge in [-0.05, 0) is 57.2 Å². The molecule has 0 fully saturated rings. The smallest absolute Gasteiger partial charge is 0.251 e. The molecule has 0 spiro atoms. The Morgan fingerprint density at radius 2 is 1.59 bits per heavy atom. The molecule has 2 rings (SSSR count). The van der Waals surface area contributed by atoms with Gasteiger partial charge < -0.3 is 15.1 Å². The standard InChI is InChI=1S/C17H20N2O3/c1-17(2,3)19-16(21)13-8-6-12(7-9-13)15(20)18-11-14-5-4-10-22-14/h4-10H,11H2,1-3H3,(H,18,20)(H,19,21). The summed E-state index contributed by atoms with van der Waals surface area (Å²) >= 11 is 0. The van der Waals surface area contributed by atoms with Gasteiger partial charge in [0.2, 0.25) is 0 Å². The highest BCUT2D eigenvalue weighted by Gasteiger charge is 2.15. The number of nitrogens with one attached hydrogen (secondary N) is 2. The van der Waals surface area contributed by atoms with Crippen LogP contribution in [0.2, 0.25) is 0 Å². The second kappa shape index (κ2) is 6.47. The van der Waals surface area contributed by atoms with Crippen molar-refractivity contribution in [3.8, 4) is 0 Å². The zero-order valence-electron chi connectivity index (χ0n) is 13.0. The number of hydrogen-bond donors (Lipinski definition) is 2. The first kappa shape index (κ1) is 15.8. The topological polar surface area (TPSA) is 71.3 Å². The fraction of sp³-hybridized carbons (Fsp3) is 0.294. The largest absolute Gasteiger partial charge is 0.467 e. The molecular weight excluding hydrogens is 280 g/mol. The van der Waals surface area contributed by atoms with Crippen LogP contribution in [0.3, 0.4) is 0 Å². The molecule has 1 heterocycles. The highest BCUT2D eigenvalue weighted by molar-refractivity contribution is 5.98. The molecule has 0 aliphatic rings. The summed E-state index contributed by atoms with van der Waals surface area (Å²) in [6.07, 6.45) is 1.56. The van der Waals surface area contributed by atoms with E-state index in [9.17, 15) is 9.59 Å². The van der Waals surface area contributed by atoms with E-state index in [1.54, 1.807) is 42.7 Å². The third-order valence-corrected chi connectivity index (χ3v) is 2.90. The zero-order valence-corrected chi connectivity index (χ0v) is 13.0. The van der Waals surface area contributed by atoms with Crippen LogP contribution in [-0.2, 0) is 6.54 Å². The molecular formula is C17H20N2O3. The van der Waals surface area contributed by atoms with Gasteiger partial charge in [0.15, 0.2) is 0 Å². The number of amides is 2. The van der Waals surface area contributed by atoms with Crippen molar-refractivity contribution in [1.82, 2.24) is 10.6 Å². The summed E-state index contributed by atoms with van der Waals surface area (Å²) in [5.74, 6) is 0.323. The molecule has 0 atom stereocenters.